The smallest absolute Gasteiger partial charge is 0.326 e. The molecule has 4 rings (SSSR count). The summed E-state index contributed by atoms with van der Waals surface area (Å²) < 4.78 is 13.2. The maximum absolute atomic E-state index is 13.2. The standard InChI is InChI=1S/C18H13FN4OS/c19-12-3-1-2-11(8-12)9-16(24)21-13-4-5-14-15(10-13)23-17(22-14)18-20-6-7-25-18/h1-8,10,22H,9H2,(H,21,24)/q+1. The fraction of sp³-hybridized carbons (Fsp3) is 0.0556. The van der Waals surface area contributed by atoms with Crippen molar-refractivity contribution in [3.63, 3.8) is 0 Å². The van der Waals surface area contributed by atoms with Gasteiger partial charge in [-0.05, 0) is 34.8 Å². The van der Waals surface area contributed by atoms with Crippen LogP contribution in [0, 0.1) is 5.82 Å². The fourth-order valence-electron chi connectivity index (χ4n) is 2.56. The summed E-state index contributed by atoms with van der Waals surface area (Å²) in [5, 5.41) is 8.73. The summed E-state index contributed by atoms with van der Waals surface area (Å²) in [6, 6.07) is 11.5. The van der Waals surface area contributed by atoms with Crippen molar-refractivity contribution in [2.75, 3.05) is 10.6 Å². The molecule has 3 aromatic rings. The number of hydrogen-bond donors (Lipinski definition) is 2. The number of hydrogen-bond acceptors (Lipinski definition) is 5. The van der Waals surface area contributed by atoms with Gasteiger partial charge in [0.05, 0.1) is 6.42 Å². The Hall–Kier alpha value is -3.06. The number of nitrogens with zero attached hydrogens (tertiary/aromatic N) is 2. The van der Waals surface area contributed by atoms with Gasteiger partial charge in [-0.15, -0.1) is 11.3 Å². The van der Waals surface area contributed by atoms with E-state index >= 15 is 0 Å². The number of aliphatic imine (C=N–C) groups is 1. The molecule has 123 valence electrons. The average molecular weight is 352 g/mol. The predicted molar refractivity (Wildman–Crippen MR) is 96.8 cm³/mol. The number of carbonyl (C=O) groups excluding carboxylic acids is 1. The number of halogens is 1. The van der Waals surface area contributed by atoms with Crippen LogP contribution in [0.1, 0.15) is 10.6 Å². The van der Waals surface area contributed by atoms with E-state index in [0.29, 0.717) is 17.1 Å². The number of aromatic nitrogens is 1. The van der Waals surface area contributed by atoms with Gasteiger partial charge in [0.2, 0.25) is 16.6 Å². The summed E-state index contributed by atoms with van der Waals surface area (Å²) in [4.78, 5) is 20.9. The van der Waals surface area contributed by atoms with Crippen LogP contribution in [0.3, 0.4) is 0 Å². The number of amidine groups is 1. The Labute approximate surface area is 147 Å². The number of nitrogens with one attached hydrogen (secondary N) is 2. The van der Waals surface area contributed by atoms with Gasteiger partial charge >= 0.3 is 5.84 Å². The van der Waals surface area contributed by atoms with E-state index in [9.17, 15) is 9.18 Å². The van der Waals surface area contributed by atoms with Crippen LogP contribution < -0.4 is 15.6 Å². The lowest BCUT2D eigenvalue weighted by Gasteiger charge is -2.05. The molecule has 1 radical (unpaired) electrons. The molecule has 1 amide bonds. The molecule has 2 aromatic carbocycles. The number of amides is 1. The molecule has 0 saturated heterocycles. The fourth-order valence-corrected chi connectivity index (χ4v) is 3.14. The van der Waals surface area contributed by atoms with Crippen molar-refractivity contribution in [2.45, 2.75) is 6.42 Å². The van der Waals surface area contributed by atoms with E-state index in [-0.39, 0.29) is 18.1 Å². The van der Waals surface area contributed by atoms with E-state index in [4.69, 9.17) is 0 Å². The molecule has 2 heterocycles. The van der Waals surface area contributed by atoms with Crippen molar-refractivity contribution in [1.29, 1.82) is 0 Å². The van der Waals surface area contributed by atoms with E-state index in [1.165, 1.54) is 23.5 Å². The van der Waals surface area contributed by atoms with Gasteiger partial charge in [0, 0.05) is 23.3 Å². The Morgan fingerprint density at radius 2 is 2.20 bits per heavy atom. The molecule has 0 unspecified atom stereocenters. The van der Waals surface area contributed by atoms with Gasteiger partial charge in [-0.3, -0.25) is 4.79 Å². The van der Waals surface area contributed by atoms with Gasteiger partial charge in [-0.25, -0.2) is 14.7 Å². The minimum atomic E-state index is -0.349. The third kappa shape index (κ3) is 3.41. The summed E-state index contributed by atoms with van der Waals surface area (Å²) >= 11 is 1.50. The molecule has 1 aromatic heterocycles. The molecule has 0 bridgehead atoms. The number of benzene rings is 2. The zero-order valence-corrected chi connectivity index (χ0v) is 13.8. The SMILES string of the molecule is O=C(Cc1cccc(F)c1)Nc1ccc2c(c1)[N+]=C(c1nccs1)N2. The minimum Gasteiger partial charge on any atom is -0.326 e. The molecule has 0 aliphatic carbocycles. The van der Waals surface area contributed by atoms with Gasteiger partial charge in [0.25, 0.3) is 0 Å². The van der Waals surface area contributed by atoms with Crippen LogP contribution in [-0.4, -0.2) is 16.7 Å². The first-order valence-electron chi connectivity index (χ1n) is 7.61. The summed E-state index contributed by atoms with van der Waals surface area (Å²) in [5.74, 6) is 0.145. The first kappa shape index (κ1) is 15.5. The first-order chi connectivity index (χ1) is 12.2. The van der Waals surface area contributed by atoms with Crippen molar-refractivity contribution in [3.05, 3.63) is 70.4 Å². The van der Waals surface area contributed by atoms with Gasteiger partial charge < -0.3 is 5.32 Å². The van der Waals surface area contributed by atoms with Crippen LogP contribution in [0.25, 0.3) is 0 Å². The van der Waals surface area contributed by atoms with Crippen LogP contribution in [-0.2, 0) is 11.2 Å². The molecule has 7 heteroatoms. The molecule has 5 nitrogen and oxygen atoms in total. The van der Waals surface area contributed by atoms with Crippen molar-refractivity contribution < 1.29 is 9.18 Å². The van der Waals surface area contributed by atoms with Crippen LogP contribution in [0.4, 0.5) is 21.5 Å². The molecule has 0 fully saturated rings. The number of carbonyl (C=O) groups is 1. The number of thiazole rings is 1. The highest BCUT2D eigenvalue weighted by atomic mass is 32.1. The van der Waals surface area contributed by atoms with E-state index in [0.717, 1.165) is 16.4 Å². The largest absolute Gasteiger partial charge is 0.358 e. The molecular formula is C18H13FN4OS+. The second kappa shape index (κ2) is 6.45. The van der Waals surface area contributed by atoms with E-state index in [2.05, 4.69) is 20.6 Å². The highest BCUT2D eigenvalue weighted by Gasteiger charge is 2.28. The maximum Gasteiger partial charge on any atom is 0.358 e. The summed E-state index contributed by atoms with van der Waals surface area (Å²) in [6.07, 6.45) is 1.84. The monoisotopic (exact) mass is 352 g/mol. The van der Waals surface area contributed by atoms with Crippen molar-refractivity contribution in [3.8, 4) is 0 Å². The summed E-state index contributed by atoms with van der Waals surface area (Å²) in [5.41, 5.74) is 2.89. The van der Waals surface area contributed by atoms with Gasteiger partial charge in [0.1, 0.15) is 5.82 Å². The molecule has 25 heavy (non-hydrogen) atoms. The lowest BCUT2D eigenvalue weighted by Crippen LogP contribution is -2.14. The molecule has 0 saturated carbocycles. The normalized spacial score (nSPS) is 12.3. The third-order valence-corrected chi connectivity index (χ3v) is 4.44. The quantitative estimate of drug-likeness (QED) is 0.757. The third-order valence-electron chi connectivity index (χ3n) is 3.66. The Morgan fingerprint density at radius 3 is 3.00 bits per heavy atom. The predicted octanol–water partition coefficient (Wildman–Crippen LogP) is 3.30. The van der Waals surface area contributed by atoms with Crippen molar-refractivity contribution >= 4 is 40.1 Å². The van der Waals surface area contributed by atoms with Gasteiger partial charge in [-0.1, -0.05) is 12.1 Å². The topological polar surface area (TPSA) is 68.1 Å². The first-order valence-corrected chi connectivity index (χ1v) is 8.49. The lowest BCUT2D eigenvalue weighted by molar-refractivity contribution is -0.115. The summed E-state index contributed by atoms with van der Waals surface area (Å²) in [7, 11) is 0. The van der Waals surface area contributed by atoms with Gasteiger partial charge in [0.15, 0.2) is 5.69 Å². The second-order valence-electron chi connectivity index (χ2n) is 5.51. The molecule has 0 atom stereocenters. The van der Waals surface area contributed by atoms with Crippen LogP contribution in [0.5, 0.6) is 0 Å². The molecular weight excluding hydrogens is 339 g/mol. The van der Waals surface area contributed by atoms with Gasteiger partial charge in [-0.2, -0.15) is 0 Å². The van der Waals surface area contributed by atoms with Crippen molar-refractivity contribution in [2.24, 2.45) is 0 Å². The number of anilines is 2. The van der Waals surface area contributed by atoms with Crippen molar-refractivity contribution in [1.82, 2.24) is 9.98 Å². The Balaban J connectivity index is 1.48. The highest BCUT2D eigenvalue weighted by Crippen LogP contribution is 2.29. The summed E-state index contributed by atoms with van der Waals surface area (Å²) in [6.45, 7) is 0. The lowest BCUT2D eigenvalue weighted by atomic mass is 10.1. The zero-order valence-electron chi connectivity index (χ0n) is 13.0. The average Bonchev–Trinajstić information content (AvgIpc) is 3.23. The minimum absolute atomic E-state index is 0.112. The number of fused-ring (bicyclic) bond motifs is 1. The van der Waals surface area contributed by atoms with Crippen LogP contribution >= 0.6 is 11.3 Å². The molecule has 0 spiro atoms. The van der Waals surface area contributed by atoms with E-state index in [1.54, 1.807) is 30.5 Å². The van der Waals surface area contributed by atoms with Crippen LogP contribution in [0.2, 0.25) is 0 Å². The van der Waals surface area contributed by atoms with Crippen LogP contribution in [0.15, 0.2) is 54.0 Å². The van der Waals surface area contributed by atoms with E-state index in [1.807, 2.05) is 11.4 Å². The number of rotatable bonds is 4. The second-order valence-corrected chi connectivity index (χ2v) is 6.40. The molecule has 1 aliphatic heterocycles. The molecule has 1 aliphatic rings. The molecule has 2 N–H and O–H groups in total. The van der Waals surface area contributed by atoms with E-state index < -0.39 is 0 Å². The maximum atomic E-state index is 13.2. The Kier molecular flexibility index (Phi) is 3.99. The highest BCUT2D eigenvalue weighted by molar-refractivity contribution is 7.11. The Bertz CT molecular complexity index is 969. The zero-order chi connectivity index (χ0) is 17.2. The Morgan fingerprint density at radius 1 is 1.28 bits per heavy atom.